The van der Waals surface area contributed by atoms with Crippen LogP contribution in [-0.4, -0.2) is 18.6 Å². The Kier molecular flexibility index (Phi) is 1.81. The van der Waals surface area contributed by atoms with E-state index in [9.17, 15) is 4.79 Å². The van der Waals surface area contributed by atoms with Gasteiger partial charge < -0.3 is 4.74 Å². The van der Waals surface area contributed by atoms with Crippen LogP contribution >= 0.6 is 9.39 Å². The first-order chi connectivity index (χ1) is 3.84. The van der Waals surface area contributed by atoms with Gasteiger partial charge in [-0.05, 0) is 0 Å². The summed E-state index contributed by atoms with van der Waals surface area (Å²) < 4.78 is 4.64. The summed E-state index contributed by atoms with van der Waals surface area (Å²) in [6, 6.07) is -0.0833. The minimum Gasteiger partial charge on any atom is -0.464 e. The summed E-state index contributed by atoms with van der Waals surface area (Å²) >= 11 is 0. The van der Waals surface area contributed by atoms with Gasteiger partial charge in [0.1, 0.15) is 6.04 Å². The molecule has 0 radical (unpaired) electrons. The molecule has 0 aliphatic carbocycles. The third-order valence-electron chi connectivity index (χ3n) is 1.14. The normalized spacial score (nSPS) is 28.1. The number of hydrogen-bond acceptors (Lipinski definition) is 3. The summed E-state index contributed by atoms with van der Waals surface area (Å²) in [5.74, 6) is -0.139. The van der Waals surface area contributed by atoms with Gasteiger partial charge in [-0.15, -0.1) is 0 Å². The molecule has 1 rings (SSSR count). The number of nitrogens with one attached hydrogen (secondary N) is 1. The lowest BCUT2D eigenvalue weighted by Crippen LogP contribution is -2.24. The molecule has 46 valence electrons. The van der Waals surface area contributed by atoms with Crippen molar-refractivity contribution >= 4 is 15.4 Å². The zero-order valence-corrected chi connectivity index (χ0v) is 5.54. The molecule has 4 heteroatoms. The number of rotatable bonds is 1. The first-order valence-electron chi connectivity index (χ1n) is 2.47. The van der Waals surface area contributed by atoms with Crippen LogP contribution in [0.4, 0.5) is 0 Å². The van der Waals surface area contributed by atoms with Crippen LogP contribution in [0.5, 0.6) is 0 Å². The summed E-state index contributed by atoms with van der Waals surface area (Å²) in [5, 5.41) is 2.76. The van der Waals surface area contributed by atoms with E-state index in [1.807, 2.05) is 0 Å². The second-order valence-electron chi connectivity index (χ2n) is 1.68. The van der Waals surface area contributed by atoms with E-state index in [4.69, 9.17) is 0 Å². The largest absolute Gasteiger partial charge is 0.464 e. The molecule has 2 atom stereocenters. The Balaban J connectivity index is 2.42. The predicted molar refractivity (Wildman–Crippen MR) is 32.2 cm³/mol. The fourth-order valence-corrected chi connectivity index (χ4v) is 0.950. The molecule has 0 aromatic heterocycles. The summed E-state index contributed by atoms with van der Waals surface area (Å²) in [4.78, 5) is 10.5. The van der Waals surface area contributed by atoms with Crippen LogP contribution < -0.4 is 5.09 Å². The van der Waals surface area contributed by atoms with E-state index in [1.54, 1.807) is 0 Å². The number of ether oxygens (including phenoxy) is 1. The van der Waals surface area contributed by atoms with Gasteiger partial charge in [0.2, 0.25) is 0 Å². The van der Waals surface area contributed by atoms with Gasteiger partial charge >= 0.3 is 5.97 Å². The van der Waals surface area contributed by atoms with Crippen LogP contribution in [0.25, 0.3) is 0 Å². The molecule has 1 heterocycles. The molecule has 1 aliphatic rings. The van der Waals surface area contributed by atoms with E-state index in [-0.39, 0.29) is 12.0 Å². The number of cyclic esters (lactones) is 1. The van der Waals surface area contributed by atoms with E-state index in [0.717, 1.165) is 6.42 Å². The van der Waals surface area contributed by atoms with Gasteiger partial charge in [0.15, 0.2) is 0 Å². The fraction of sp³-hybridized carbons (Fsp3) is 0.750. The van der Waals surface area contributed by atoms with Crippen LogP contribution in [0.3, 0.4) is 0 Å². The quantitative estimate of drug-likeness (QED) is 0.393. The van der Waals surface area contributed by atoms with Crippen molar-refractivity contribution in [3.63, 3.8) is 0 Å². The zero-order chi connectivity index (χ0) is 5.98. The van der Waals surface area contributed by atoms with Crippen molar-refractivity contribution in [2.24, 2.45) is 0 Å². The van der Waals surface area contributed by atoms with Gasteiger partial charge in [-0.1, -0.05) is 9.39 Å². The summed E-state index contributed by atoms with van der Waals surface area (Å²) in [6.07, 6.45) is 0.794. The van der Waals surface area contributed by atoms with Crippen molar-refractivity contribution in [3.8, 4) is 0 Å². The second-order valence-corrected chi connectivity index (χ2v) is 2.01. The molecule has 1 saturated heterocycles. The topological polar surface area (TPSA) is 38.3 Å². The third-order valence-corrected chi connectivity index (χ3v) is 1.54. The van der Waals surface area contributed by atoms with Crippen molar-refractivity contribution in [2.45, 2.75) is 12.5 Å². The number of carbonyl (C=O) groups is 1. The highest BCUT2D eigenvalue weighted by Gasteiger charge is 2.23. The second kappa shape index (κ2) is 2.42. The Bertz CT molecular complexity index is 106. The van der Waals surface area contributed by atoms with Crippen LogP contribution in [0.2, 0.25) is 0 Å². The van der Waals surface area contributed by atoms with Gasteiger partial charge in [0.25, 0.3) is 0 Å². The van der Waals surface area contributed by atoms with Crippen molar-refractivity contribution in [2.75, 3.05) is 6.61 Å². The van der Waals surface area contributed by atoms with Crippen molar-refractivity contribution in [1.29, 1.82) is 0 Å². The fourth-order valence-electron chi connectivity index (χ4n) is 0.647. The zero-order valence-electron chi connectivity index (χ0n) is 4.39. The molecule has 1 N–H and O–H groups in total. The average Bonchev–Trinajstić information content (AvgIpc) is 2.14. The van der Waals surface area contributed by atoms with Crippen LogP contribution in [0.15, 0.2) is 0 Å². The highest BCUT2D eigenvalue weighted by Crippen LogP contribution is 2.05. The maximum atomic E-state index is 10.5. The molecule has 1 aliphatic heterocycles. The standard InChI is InChI=1S/C4H8NO2P/c6-4-3(5-8)1-2-7-4/h3,5H,1-2,8H2. The summed E-state index contributed by atoms with van der Waals surface area (Å²) in [7, 11) is 2.30. The molecule has 0 bridgehead atoms. The van der Waals surface area contributed by atoms with E-state index in [2.05, 4.69) is 19.2 Å². The Morgan fingerprint density at radius 2 is 2.62 bits per heavy atom. The third kappa shape index (κ3) is 0.984. The number of carbonyl (C=O) groups excluding carboxylic acids is 1. The number of esters is 1. The molecule has 0 saturated carbocycles. The van der Waals surface area contributed by atoms with Crippen LogP contribution in [-0.2, 0) is 9.53 Å². The monoisotopic (exact) mass is 133 g/mol. The van der Waals surface area contributed by atoms with E-state index < -0.39 is 0 Å². The van der Waals surface area contributed by atoms with Gasteiger partial charge in [0, 0.05) is 6.42 Å². The van der Waals surface area contributed by atoms with Crippen LogP contribution in [0.1, 0.15) is 6.42 Å². The smallest absolute Gasteiger partial charge is 0.323 e. The molecule has 0 spiro atoms. The van der Waals surface area contributed by atoms with Crippen molar-refractivity contribution in [1.82, 2.24) is 5.09 Å². The highest BCUT2D eigenvalue weighted by atomic mass is 31.0. The van der Waals surface area contributed by atoms with E-state index in [0.29, 0.717) is 6.61 Å². The Morgan fingerprint density at radius 1 is 1.88 bits per heavy atom. The SMILES string of the molecule is O=C1OCCC1NP. The van der Waals surface area contributed by atoms with Crippen molar-refractivity contribution in [3.05, 3.63) is 0 Å². The first kappa shape index (κ1) is 5.99. The Hall–Kier alpha value is -0.140. The summed E-state index contributed by atoms with van der Waals surface area (Å²) in [6.45, 7) is 0.560. The minimum atomic E-state index is -0.139. The molecule has 8 heavy (non-hydrogen) atoms. The molecule has 2 unspecified atom stereocenters. The lowest BCUT2D eigenvalue weighted by atomic mass is 10.3. The molecule has 1 fully saturated rings. The molecule has 0 aromatic carbocycles. The summed E-state index contributed by atoms with van der Waals surface area (Å²) in [5.41, 5.74) is 0. The van der Waals surface area contributed by atoms with Crippen molar-refractivity contribution < 1.29 is 9.53 Å². The minimum absolute atomic E-state index is 0.0833. The van der Waals surface area contributed by atoms with Gasteiger partial charge in [-0.2, -0.15) is 0 Å². The van der Waals surface area contributed by atoms with E-state index >= 15 is 0 Å². The maximum absolute atomic E-state index is 10.5. The van der Waals surface area contributed by atoms with E-state index in [1.165, 1.54) is 0 Å². The molecular weight excluding hydrogens is 125 g/mol. The lowest BCUT2D eigenvalue weighted by Gasteiger charge is -1.98. The Labute approximate surface area is 50.0 Å². The number of hydrogen-bond donors (Lipinski definition) is 1. The maximum Gasteiger partial charge on any atom is 0.323 e. The first-order valence-corrected chi connectivity index (χ1v) is 3.05. The predicted octanol–water partition coefficient (Wildman–Crippen LogP) is -0.318. The van der Waals surface area contributed by atoms with Gasteiger partial charge in [-0.25, -0.2) is 0 Å². The Morgan fingerprint density at radius 3 is 2.88 bits per heavy atom. The molecular formula is C4H8NO2P. The highest BCUT2D eigenvalue weighted by molar-refractivity contribution is 7.13. The molecule has 0 amide bonds. The van der Waals surface area contributed by atoms with Gasteiger partial charge in [-0.3, -0.25) is 9.88 Å². The average molecular weight is 133 g/mol. The lowest BCUT2D eigenvalue weighted by molar-refractivity contribution is -0.139. The van der Waals surface area contributed by atoms with Crippen LogP contribution in [0, 0.1) is 0 Å². The van der Waals surface area contributed by atoms with Gasteiger partial charge in [0.05, 0.1) is 6.61 Å². The molecule has 3 nitrogen and oxygen atoms in total. The molecule has 0 aromatic rings.